The number of hydrogen-bond donors (Lipinski definition) is 1. The molecule has 4 rings (SSSR count). The van der Waals surface area contributed by atoms with Crippen molar-refractivity contribution in [1.82, 2.24) is 0 Å². The standard InChI is InChI=1S/C17H15N3O2/c1-10-6-11-8-16-12(9-21-22-16)7-14(11)17(20-19-10)13-4-2-3-5-15(13)18/h2-5,7-8H,6,9,18H2,1H3. The number of nitrogens with two attached hydrogens (primary N) is 1. The van der Waals surface area contributed by atoms with E-state index in [4.69, 9.17) is 15.5 Å². The van der Waals surface area contributed by atoms with Crippen LogP contribution in [-0.2, 0) is 17.9 Å². The lowest BCUT2D eigenvalue weighted by atomic mass is 9.92. The smallest absolute Gasteiger partial charge is 0.171 e. The molecular weight excluding hydrogens is 278 g/mol. The highest BCUT2D eigenvalue weighted by Gasteiger charge is 2.23. The average molecular weight is 293 g/mol. The molecule has 0 bridgehead atoms. The van der Waals surface area contributed by atoms with Crippen LogP contribution in [0.1, 0.15) is 29.2 Å². The van der Waals surface area contributed by atoms with Crippen LogP contribution >= 0.6 is 0 Å². The molecule has 22 heavy (non-hydrogen) atoms. The van der Waals surface area contributed by atoms with Crippen molar-refractivity contribution in [3.8, 4) is 5.75 Å². The largest absolute Gasteiger partial charge is 0.398 e. The van der Waals surface area contributed by atoms with Gasteiger partial charge in [-0.1, -0.05) is 18.2 Å². The number of para-hydroxylation sites is 1. The Kier molecular flexibility index (Phi) is 2.94. The Labute approximate surface area is 128 Å². The summed E-state index contributed by atoms with van der Waals surface area (Å²) in [7, 11) is 0. The van der Waals surface area contributed by atoms with Crippen molar-refractivity contribution >= 4 is 17.1 Å². The first-order chi connectivity index (χ1) is 10.7. The first-order valence-electron chi connectivity index (χ1n) is 7.14. The molecule has 0 spiro atoms. The van der Waals surface area contributed by atoms with Crippen LogP contribution in [-0.4, -0.2) is 11.4 Å². The van der Waals surface area contributed by atoms with E-state index in [0.29, 0.717) is 12.3 Å². The normalized spacial score (nSPS) is 16.0. The Morgan fingerprint density at radius 1 is 1.05 bits per heavy atom. The van der Waals surface area contributed by atoms with Crippen molar-refractivity contribution in [1.29, 1.82) is 0 Å². The predicted molar refractivity (Wildman–Crippen MR) is 85.2 cm³/mol. The number of nitrogen functional groups attached to an aromatic ring is 1. The van der Waals surface area contributed by atoms with Gasteiger partial charge < -0.3 is 10.6 Å². The zero-order valence-electron chi connectivity index (χ0n) is 12.2. The number of fused-ring (bicyclic) bond motifs is 2. The van der Waals surface area contributed by atoms with Gasteiger partial charge in [-0.2, -0.15) is 9.99 Å². The summed E-state index contributed by atoms with van der Waals surface area (Å²) in [6.07, 6.45) is 0.728. The molecule has 0 saturated heterocycles. The van der Waals surface area contributed by atoms with Gasteiger partial charge in [-0.15, -0.1) is 5.10 Å². The van der Waals surface area contributed by atoms with E-state index in [0.717, 1.165) is 45.8 Å². The van der Waals surface area contributed by atoms with Crippen LogP contribution < -0.4 is 10.6 Å². The van der Waals surface area contributed by atoms with E-state index in [1.807, 2.05) is 37.3 Å². The molecular formula is C17H15N3O2. The second kappa shape index (κ2) is 4.96. The Morgan fingerprint density at radius 2 is 1.91 bits per heavy atom. The Bertz CT molecular complexity index is 825. The molecule has 2 N–H and O–H groups in total. The van der Waals surface area contributed by atoms with Gasteiger partial charge in [0, 0.05) is 34.5 Å². The summed E-state index contributed by atoms with van der Waals surface area (Å²) in [4.78, 5) is 10.3. The van der Waals surface area contributed by atoms with Crippen LogP contribution in [0.5, 0.6) is 5.75 Å². The molecule has 0 unspecified atom stereocenters. The molecule has 5 nitrogen and oxygen atoms in total. The summed E-state index contributed by atoms with van der Waals surface area (Å²) in [6.45, 7) is 2.41. The summed E-state index contributed by atoms with van der Waals surface area (Å²) in [6, 6.07) is 11.8. The molecule has 0 fully saturated rings. The summed E-state index contributed by atoms with van der Waals surface area (Å²) >= 11 is 0. The molecule has 2 aliphatic rings. The van der Waals surface area contributed by atoms with Gasteiger partial charge in [0.2, 0.25) is 0 Å². The third-order valence-electron chi connectivity index (χ3n) is 3.89. The van der Waals surface area contributed by atoms with Gasteiger partial charge >= 0.3 is 0 Å². The molecule has 0 saturated carbocycles. The summed E-state index contributed by atoms with van der Waals surface area (Å²) in [5, 5.41) is 8.76. The van der Waals surface area contributed by atoms with E-state index in [-0.39, 0.29) is 0 Å². The fourth-order valence-electron chi connectivity index (χ4n) is 2.79. The lowest BCUT2D eigenvalue weighted by Gasteiger charge is -2.12. The van der Waals surface area contributed by atoms with Gasteiger partial charge in [0.15, 0.2) is 5.75 Å². The van der Waals surface area contributed by atoms with Crippen molar-refractivity contribution < 1.29 is 9.78 Å². The van der Waals surface area contributed by atoms with Crippen LogP contribution in [0.2, 0.25) is 0 Å². The summed E-state index contributed by atoms with van der Waals surface area (Å²) in [5.41, 5.74) is 12.6. The highest BCUT2D eigenvalue weighted by Crippen LogP contribution is 2.32. The summed E-state index contributed by atoms with van der Waals surface area (Å²) in [5.74, 6) is 0.772. The predicted octanol–water partition coefficient (Wildman–Crippen LogP) is 2.86. The molecule has 0 aliphatic carbocycles. The zero-order valence-corrected chi connectivity index (χ0v) is 12.2. The summed E-state index contributed by atoms with van der Waals surface area (Å²) < 4.78 is 0. The van der Waals surface area contributed by atoms with Crippen LogP contribution in [0.25, 0.3) is 0 Å². The maximum atomic E-state index is 6.13. The fourth-order valence-corrected chi connectivity index (χ4v) is 2.79. The number of anilines is 1. The van der Waals surface area contributed by atoms with E-state index in [2.05, 4.69) is 16.3 Å². The van der Waals surface area contributed by atoms with Gasteiger partial charge in [-0.05, 0) is 30.7 Å². The third-order valence-corrected chi connectivity index (χ3v) is 3.89. The number of nitrogens with zero attached hydrogens (tertiary/aromatic N) is 2. The fraction of sp³-hybridized carbons (Fsp3) is 0.176. The highest BCUT2D eigenvalue weighted by molar-refractivity contribution is 6.17. The van der Waals surface area contributed by atoms with Crippen molar-refractivity contribution in [3.05, 3.63) is 58.7 Å². The van der Waals surface area contributed by atoms with E-state index >= 15 is 0 Å². The Balaban J connectivity index is 1.95. The zero-order chi connectivity index (χ0) is 15.1. The molecule has 110 valence electrons. The van der Waals surface area contributed by atoms with Crippen molar-refractivity contribution in [2.75, 3.05) is 5.73 Å². The molecule has 2 aromatic rings. The number of hydrogen-bond acceptors (Lipinski definition) is 5. The van der Waals surface area contributed by atoms with Crippen molar-refractivity contribution in [3.63, 3.8) is 0 Å². The van der Waals surface area contributed by atoms with Gasteiger partial charge in [0.25, 0.3) is 0 Å². The lowest BCUT2D eigenvalue weighted by Crippen LogP contribution is -2.09. The monoisotopic (exact) mass is 293 g/mol. The van der Waals surface area contributed by atoms with Gasteiger partial charge in [0.1, 0.15) is 12.3 Å². The van der Waals surface area contributed by atoms with E-state index < -0.39 is 0 Å². The Morgan fingerprint density at radius 3 is 2.77 bits per heavy atom. The lowest BCUT2D eigenvalue weighted by molar-refractivity contribution is -0.194. The molecule has 0 radical (unpaired) electrons. The highest BCUT2D eigenvalue weighted by atomic mass is 17.2. The maximum Gasteiger partial charge on any atom is 0.171 e. The van der Waals surface area contributed by atoms with Gasteiger partial charge in [-0.25, -0.2) is 0 Å². The maximum absolute atomic E-state index is 6.13. The minimum atomic E-state index is 0.444. The molecule has 0 amide bonds. The topological polar surface area (TPSA) is 69.2 Å². The molecule has 2 aromatic carbocycles. The van der Waals surface area contributed by atoms with Crippen LogP contribution in [0.4, 0.5) is 5.69 Å². The average Bonchev–Trinajstić information content (AvgIpc) is 2.89. The van der Waals surface area contributed by atoms with Crippen LogP contribution in [0.15, 0.2) is 46.6 Å². The first kappa shape index (κ1) is 13.0. The molecule has 5 heteroatoms. The minimum Gasteiger partial charge on any atom is -0.398 e. The quantitative estimate of drug-likeness (QED) is 0.649. The van der Waals surface area contributed by atoms with Gasteiger partial charge in [-0.3, -0.25) is 0 Å². The minimum absolute atomic E-state index is 0.444. The van der Waals surface area contributed by atoms with Crippen LogP contribution in [0.3, 0.4) is 0 Å². The second-order valence-electron chi connectivity index (χ2n) is 5.51. The molecule has 2 heterocycles. The first-order valence-corrected chi connectivity index (χ1v) is 7.14. The number of rotatable bonds is 1. The number of benzene rings is 2. The molecule has 2 aliphatic heterocycles. The molecule has 0 atom stereocenters. The molecule has 0 aromatic heterocycles. The van der Waals surface area contributed by atoms with Crippen LogP contribution in [0, 0.1) is 0 Å². The Hall–Kier alpha value is -2.66. The third kappa shape index (κ3) is 2.07. The SMILES string of the molecule is CC1=NN=C(c2ccccc2N)c2cc3c(cc2C1)OOC3. The van der Waals surface area contributed by atoms with Crippen molar-refractivity contribution in [2.45, 2.75) is 20.0 Å². The van der Waals surface area contributed by atoms with Gasteiger partial charge in [0.05, 0.1) is 0 Å². The van der Waals surface area contributed by atoms with E-state index in [9.17, 15) is 0 Å². The van der Waals surface area contributed by atoms with E-state index in [1.165, 1.54) is 0 Å². The van der Waals surface area contributed by atoms with E-state index in [1.54, 1.807) is 0 Å². The van der Waals surface area contributed by atoms with Crippen molar-refractivity contribution in [2.24, 2.45) is 10.2 Å². The second-order valence-corrected chi connectivity index (χ2v) is 5.51.